The van der Waals surface area contributed by atoms with E-state index in [2.05, 4.69) is 15.6 Å². The lowest BCUT2D eigenvalue weighted by Gasteiger charge is -2.18. The number of fused-ring (bicyclic) bond motifs is 1. The van der Waals surface area contributed by atoms with Crippen LogP contribution in [0, 0.1) is 6.92 Å². The van der Waals surface area contributed by atoms with Crippen molar-refractivity contribution in [2.24, 2.45) is 0 Å². The molecule has 1 heterocycles. The monoisotopic (exact) mass is 347 g/mol. The fraction of sp³-hybridized carbons (Fsp3) is 0.190. The van der Waals surface area contributed by atoms with E-state index in [1.54, 1.807) is 0 Å². The van der Waals surface area contributed by atoms with Crippen molar-refractivity contribution < 1.29 is 9.59 Å². The van der Waals surface area contributed by atoms with Crippen molar-refractivity contribution in [1.29, 1.82) is 0 Å². The second kappa shape index (κ2) is 7.35. The standard InChI is InChI=1S/C21H21N3O2/c1-13-8-4-5-9-16(13)21(26)22-14(2)18-12-20(23-15(3)25)24-19-11-7-6-10-17(18)19/h4-12,14H,1-3H3,(H,22,26)(H,23,24,25). The van der Waals surface area contributed by atoms with Crippen molar-refractivity contribution >= 4 is 28.5 Å². The average Bonchev–Trinajstić information content (AvgIpc) is 2.60. The zero-order valence-electron chi connectivity index (χ0n) is 15.0. The zero-order chi connectivity index (χ0) is 18.7. The summed E-state index contributed by atoms with van der Waals surface area (Å²) < 4.78 is 0. The van der Waals surface area contributed by atoms with Crippen LogP contribution in [0.25, 0.3) is 10.9 Å². The van der Waals surface area contributed by atoms with E-state index in [0.717, 1.165) is 22.0 Å². The van der Waals surface area contributed by atoms with Crippen LogP contribution >= 0.6 is 0 Å². The van der Waals surface area contributed by atoms with Crippen LogP contribution in [0.1, 0.15) is 41.4 Å². The molecule has 26 heavy (non-hydrogen) atoms. The lowest BCUT2D eigenvalue weighted by Crippen LogP contribution is -2.27. The number of rotatable bonds is 4. The van der Waals surface area contributed by atoms with Gasteiger partial charge in [0.05, 0.1) is 11.6 Å². The largest absolute Gasteiger partial charge is 0.345 e. The predicted molar refractivity (Wildman–Crippen MR) is 103 cm³/mol. The number of hydrogen-bond acceptors (Lipinski definition) is 3. The van der Waals surface area contributed by atoms with Crippen molar-refractivity contribution in [1.82, 2.24) is 10.3 Å². The Labute approximate surface area is 152 Å². The number of hydrogen-bond donors (Lipinski definition) is 2. The van der Waals surface area contributed by atoms with Crippen LogP contribution in [-0.4, -0.2) is 16.8 Å². The van der Waals surface area contributed by atoms with Gasteiger partial charge < -0.3 is 10.6 Å². The number of nitrogens with zero attached hydrogens (tertiary/aromatic N) is 1. The minimum Gasteiger partial charge on any atom is -0.345 e. The van der Waals surface area contributed by atoms with E-state index in [-0.39, 0.29) is 17.9 Å². The summed E-state index contributed by atoms with van der Waals surface area (Å²) in [5, 5.41) is 6.71. The minimum atomic E-state index is -0.248. The Bertz CT molecular complexity index is 982. The zero-order valence-corrected chi connectivity index (χ0v) is 15.0. The second-order valence-electron chi connectivity index (χ2n) is 6.31. The van der Waals surface area contributed by atoms with E-state index in [9.17, 15) is 9.59 Å². The molecule has 0 fully saturated rings. The first-order valence-electron chi connectivity index (χ1n) is 8.49. The van der Waals surface area contributed by atoms with Crippen molar-refractivity contribution in [3.63, 3.8) is 0 Å². The van der Waals surface area contributed by atoms with Crippen molar-refractivity contribution in [3.05, 3.63) is 71.3 Å². The SMILES string of the molecule is CC(=O)Nc1cc(C(C)NC(=O)c2ccccc2C)c2ccccc2n1. The number of para-hydroxylation sites is 1. The van der Waals surface area contributed by atoms with E-state index in [0.29, 0.717) is 11.4 Å². The fourth-order valence-electron chi connectivity index (χ4n) is 2.98. The van der Waals surface area contributed by atoms with E-state index < -0.39 is 0 Å². The highest BCUT2D eigenvalue weighted by molar-refractivity contribution is 5.96. The number of nitrogens with one attached hydrogen (secondary N) is 2. The lowest BCUT2D eigenvalue weighted by atomic mass is 10.0. The Hall–Kier alpha value is -3.21. The molecule has 5 heteroatoms. The molecule has 0 aliphatic heterocycles. The van der Waals surface area contributed by atoms with E-state index in [1.807, 2.05) is 68.4 Å². The summed E-state index contributed by atoms with van der Waals surface area (Å²) in [5.74, 6) is 0.163. The van der Waals surface area contributed by atoms with Crippen LogP contribution in [-0.2, 0) is 4.79 Å². The van der Waals surface area contributed by atoms with Crippen LogP contribution < -0.4 is 10.6 Å². The molecule has 0 saturated heterocycles. The van der Waals surface area contributed by atoms with Crippen LogP contribution in [0.2, 0.25) is 0 Å². The summed E-state index contributed by atoms with van der Waals surface area (Å²) in [6.45, 7) is 5.28. The summed E-state index contributed by atoms with van der Waals surface area (Å²) in [6, 6.07) is 16.7. The number of aryl methyl sites for hydroxylation is 1. The van der Waals surface area contributed by atoms with Gasteiger partial charge in [-0.25, -0.2) is 4.98 Å². The third-order valence-corrected chi connectivity index (χ3v) is 4.26. The van der Waals surface area contributed by atoms with Gasteiger partial charge in [0, 0.05) is 17.9 Å². The fourth-order valence-corrected chi connectivity index (χ4v) is 2.98. The first kappa shape index (κ1) is 17.6. The number of amides is 2. The molecule has 5 nitrogen and oxygen atoms in total. The van der Waals surface area contributed by atoms with E-state index >= 15 is 0 Å². The summed E-state index contributed by atoms with van der Waals surface area (Å²) in [4.78, 5) is 28.5. The molecule has 1 aromatic heterocycles. The van der Waals surface area contributed by atoms with Gasteiger partial charge >= 0.3 is 0 Å². The molecule has 1 unspecified atom stereocenters. The molecule has 2 amide bonds. The van der Waals surface area contributed by atoms with Crippen LogP contribution in [0.5, 0.6) is 0 Å². The van der Waals surface area contributed by atoms with Gasteiger partial charge in [-0.15, -0.1) is 0 Å². The van der Waals surface area contributed by atoms with Crippen LogP contribution in [0.4, 0.5) is 5.82 Å². The maximum Gasteiger partial charge on any atom is 0.252 e. The molecule has 1 atom stereocenters. The molecule has 0 bridgehead atoms. The molecule has 0 spiro atoms. The average molecular weight is 347 g/mol. The Morgan fingerprint density at radius 2 is 1.73 bits per heavy atom. The number of aromatic nitrogens is 1. The smallest absolute Gasteiger partial charge is 0.252 e. The second-order valence-corrected chi connectivity index (χ2v) is 6.31. The van der Waals surface area contributed by atoms with Crippen LogP contribution in [0.15, 0.2) is 54.6 Å². The number of benzene rings is 2. The highest BCUT2D eigenvalue weighted by atomic mass is 16.2. The van der Waals surface area contributed by atoms with Crippen LogP contribution in [0.3, 0.4) is 0 Å². The molecular weight excluding hydrogens is 326 g/mol. The minimum absolute atomic E-state index is 0.127. The van der Waals surface area contributed by atoms with Gasteiger partial charge in [0.2, 0.25) is 5.91 Å². The van der Waals surface area contributed by atoms with Gasteiger partial charge in [-0.1, -0.05) is 36.4 Å². The van der Waals surface area contributed by atoms with Gasteiger partial charge in [-0.05, 0) is 43.2 Å². The molecule has 0 aliphatic rings. The molecule has 0 aliphatic carbocycles. The number of anilines is 1. The summed E-state index contributed by atoms with van der Waals surface area (Å²) >= 11 is 0. The normalized spacial score (nSPS) is 11.8. The van der Waals surface area contributed by atoms with Crippen molar-refractivity contribution in [2.75, 3.05) is 5.32 Å². The Balaban J connectivity index is 1.96. The Kier molecular flexibility index (Phi) is 4.98. The first-order chi connectivity index (χ1) is 12.5. The molecule has 0 saturated carbocycles. The summed E-state index contributed by atoms with van der Waals surface area (Å²) in [7, 11) is 0. The summed E-state index contributed by atoms with van der Waals surface area (Å²) in [5.41, 5.74) is 3.25. The molecule has 132 valence electrons. The van der Waals surface area contributed by atoms with Gasteiger partial charge in [0.25, 0.3) is 5.91 Å². The lowest BCUT2D eigenvalue weighted by molar-refractivity contribution is -0.114. The van der Waals surface area contributed by atoms with Crippen molar-refractivity contribution in [3.8, 4) is 0 Å². The summed E-state index contributed by atoms with van der Waals surface area (Å²) in [6.07, 6.45) is 0. The number of pyridine rings is 1. The molecule has 3 aromatic rings. The first-order valence-corrected chi connectivity index (χ1v) is 8.49. The number of carbonyl (C=O) groups is 2. The van der Waals surface area contributed by atoms with Gasteiger partial charge in [-0.2, -0.15) is 0 Å². The quantitative estimate of drug-likeness (QED) is 0.749. The number of carbonyl (C=O) groups excluding carboxylic acids is 2. The molecule has 3 rings (SSSR count). The third-order valence-electron chi connectivity index (χ3n) is 4.26. The van der Waals surface area contributed by atoms with Crippen molar-refractivity contribution in [2.45, 2.75) is 26.8 Å². The molecule has 2 aromatic carbocycles. The van der Waals surface area contributed by atoms with E-state index in [1.165, 1.54) is 6.92 Å². The maximum atomic E-state index is 12.7. The van der Waals surface area contributed by atoms with Gasteiger partial charge in [-0.3, -0.25) is 9.59 Å². The topological polar surface area (TPSA) is 71.1 Å². The molecule has 2 N–H and O–H groups in total. The highest BCUT2D eigenvalue weighted by Crippen LogP contribution is 2.26. The third kappa shape index (κ3) is 3.72. The molecular formula is C21H21N3O2. The van der Waals surface area contributed by atoms with Gasteiger partial charge in [0.15, 0.2) is 0 Å². The maximum absolute atomic E-state index is 12.7. The Morgan fingerprint density at radius 1 is 1.04 bits per heavy atom. The Morgan fingerprint density at radius 3 is 2.46 bits per heavy atom. The molecule has 0 radical (unpaired) electrons. The van der Waals surface area contributed by atoms with E-state index in [4.69, 9.17) is 0 Å². The predicted octanol–water partition coefficient (Wildman–Crippen LogP) is 3.99. The highest BCUT2D eigenvalue weighted by Gasteiger charge is 2.16. The van der Waals surface area contributed by atoms with Gasteiger partial charge in [0.1, 0.15) is 5.82 Å².